The Morgan fingerprint density at radius 3 is 2.53 bits per heavy atom. The lowest BCUT2D eigenvalue weighted by Gasteiger charge is -2.10. The first-order valence-corrected chi connectivity index (χ1v) is 5.94. The number of benzene rings is 1. The molecule has 0 aliphatic carbocycles. The first-order chi connectivity index (χ1) is 8.13. The molecule has 2 N–H and O–H groups in total. The number of nitrogens with zero attached hydrogens (tertiary/aromatic N) is 2. The van der Waals surface area contributed by atoms with Gasteiger partial charge in [0.2, 0.25) is 0 Å². The normalized spacial score (nSPS) is 10.8. The molecule has 1 aromatic carbocycles. The van der Waals surface area contributed by atoms with Crippen LogP contribution in [0.2, 0.25) is 0 Å². The molecule has 90 valence electrons. The van der Waals surface area contributed by atoms with Gasteiger partial charge in [0.05, 0.1) is 12.0 Å². The number of hydrogen-bond donors (Lipinski definition) is 1. The first-order valence-electron chi connectivity index (χ1n) is 5.94. The van der Waals surface area contributed by atoms with E-state index in [1.165, 1.54) is 22.5 Å². The molecule has 17 heavy (non-hydrogen) atoms. The zero-order chi connectivity index (χ0) is 12.4. The smallest absolute Gasteiger partial charge is 0.0997 e. The maximum atomic E-state index is 5.59. The van der Waals surface area contributed by atoms with E-state index in [0.29, 0.717) is 6.54 Å². The highest BCUT2D eigenvalue weighted by Crippen LogP contribution is 2.17. The van der Waals surface area contributed by atoms with Crippen molar-refractivity contribution in [2.45, 2.75) is 27.2 Å². The van der Waals surface area contributed by atoms with Crippen molar-refractivity contribution in [1.82, 2.24) is 9.55 Å². The van der Waals surface area contributed by atoms with E-state index in [1.54, 1.807) is 0 Å². The predicted molar refractivity (Wildman–Crippen MR) is 70.5 cm³/mol. The minimum atomic E-state index is 0.698. The molecule has 0 amide bonds. The molecule has 0 fully saturated rings. The van der Waals surface area contributed by atoms with Crippen molar-refractivity contribution >= 4 is 0 Å². The van der Waals surface area contributed by atoms with E-state index >= 15 is 0 Å². The molecule has 3 nitrogen and oxygen atoms in total. The predicted octanol–water partition coefficient (Wildman–Crippen LogP) is 2.30. The van der Waals surface area contributed by atoms with E-state index in [0.717, 1.165) is 12.1 Å². The van der Waals surface area contributed by atoms with E-state index in [1.807, 2.05) is 13.3 Å². The molecule has 0 spiro atoms. The monoisotopic (exact) mass is 229 g/mol. The van der Waals surface area contributed by atoms with Crippen LogP contribution in [0.15, 0.2) is 24.5 Å². The van der Waals surface area contributed by atoms with Gasteiger partial charge in [0.1, 0.15) is 0 Å². The summed E-state index contributed by atoms with van der Waals surface area (Å²) in [6, 6.07) is 6.48. The molecule has 0 bridgehead atoms. The summed E-state index contributed by atoms with van der Waals surface area (Å²) in [5.41, 5.74) is 11.6. The summed E-state index contributed by atoms with van der Waals surface area (Å²) in [6.45, 7) is 6.95. The highest BCUT2D eigenvalue weighted by Gasteiger charge is 2.05. The van der Waals surface area contributed by atoms with Gasteiger partial charge in [-0.25, -0.2) is 4.98 Å². The second kappa shape index (κ2) is 4.72. The average molecular weight is 229 g/mol. The quantitative estimate of drug-likeness (QED) is 0.877. The summed E-state index contributed by atoms with van der Waals surface area (Å²) < 4.78 is 2.12. The number of imidazole rings is 1. The fourth-order valence-corrected chi connectivity index (χ4v) is 2.02. The van der Waals surface area contributed by atoms with E-state index in [-0.39, 0.29) is 0 Å². The zero-order valence-corrected chi connectivity index (χ0v) is 10.7. The van der Waals surface area contributed by atoms with Gasteiger partial charge in [0, 0.05) is 11.4 Å². The second-order valence-electron chi connectivity index (χ2n) is 4.43. The van der Waals surface area contributed by atoms with Crippen molar-refractivity contribution in [3.05, 3.63) is 47.0 Å². The van der Waals surface area contributed by atoms with Crippen molar-refractivity contribution < 1.29 is 0 Å². The Kier molecular flexibility index (Phi) is 3.29. The van der Waals surface area contributed by atoms with Crippen LogP contribution in [-0.2, 0) is 6.42 Å². The van der Waals surface area contributed by atoms with E-state index in [4.69, 9.17) is 5.73 Å². The van der Waals surface area contributed by atoms with Gasteiger partial charge in [-0.1, -0.05) is 6.07 Å². The SMILES string of the molecule is Cc1cc(-n2cnc(C)c2C)ccc1CCN. The van der Waals surface area contributed by atoms with Crippen LogP contribution in [0.1, 0.15) is 22.5 Å². The highest BCUT2D eigenvalue weighted by molar-refractivity contribution is 5.42. The third kappa shape index (κ3) is 2.24. The fraction of sp³-hybridized carbons (Fsp3) is 0.357. The molecular weight excluding hydrogens is 210 g/mol. The summed E-state index contributed by atoms with van der Waals surface area (Å²) in [5, 5.41) is 0. The summed E-state index contributed by atoms with van der Waals surface area (Å²) in [5.74, 6) is 0. The first kappa shape index (κ1) is 11.9. The molecular formula is C14H19N3. The van der Waals surface area contributed by atoms with Crippen LogP contribution in [0, 0.1) is 20.8 Å². The molecule has 1 heterocycles. The van der Waals surface area contributed by atoms with Crippen molar-refractivity contribution in [3.8, 4) is 5.69 Å². The Hall–Kier alpha value is -1.61. The Bertz CT molecular complexity index is 526. The summed E-state index contributed by atoms with van der Waals surface area (Å²) in [6.07, 6.45) is 2.82. The third-order valence-corrected chi connectivity index (χ3v) is 3.27. The maximum absolute atomic E-state index is 5.59. The van der Waals surface area contributed by atoms with Crippen molar-refractivity contribution in [2.75, 3.05) is 6.54 Å². The topological polar surface area (TPSA) is 43.8 Å². The number of aryl methyl sites for hydroxylation is 2. The third-order valence-electron chi connectivity index (χ3n) is 3.27. The molecule has 0 aliphatic heterocycles. The van der Waals surface area contributed by atoms with Crippen LogP contribution in [0.5, 0.6) is 0 Å². The van der Waals surface area contributed by atoms with Crippen molar-refractivity contribution in [1.29, 1.82) is 0 Å². The van der Waals surface area contributed by atoms with Crippen LogP contribution in [0.3, 0.4) is 0 Å². The summed E-state index contributed by atoms with van der Waals surface area (Å²) >= 11 is 0. The van der Waals surface area contributed by atoms with Gasteiger partial charge < -0.3 is 10.3 Å². The lowest BCUT2D eigenvalue weighted by Crippen LogP contribution is -2.05. The van der Waals surface area contributed by atoms with Gasteiger partial charge in [-0.05, 0) is 57.0 Å². The average Bonchev–Trinajstić information content (AvgIpc) is 2.63. The summed E-state index contributed by atoms with van der Waals surface area (Å²) in [7, 11) is 0. The van der Waals surface area contributed by atoms with E-state index in [9.17, 15) is 0 Å². The Morgan fingerprint density at radius 1 is 1.24 bits per heavy atom. The number of aromatic nitrogens is 2. The molecule has 0 saturated carbocycles. The zero-order valence-electron chi connectivity index (χ0n) is 10.7. The lowest BCUT2D eigenvalue weighted by molar-refractivity contribution is 0.947. The molecule has 0 unspecified atom stereocenters. The van der Waals surface area contributed by atoms with Gasteiger partial charge in [-0.3, -0.25) is 0 Å². The van der Waals surface area contributed by atoms with Crippen LogP contribution in [0.25, 0.3) is 5.69 Å². The second-order valence-corrected chi connectivity index (χ2v) is 4.43. The molecule has 0 radical (unpaired) electrons. The fourth-order valence-electron chi connectivity index (χ4n) is 2.02. The van der Waals surface area contributed by atoms with Gasteiger partial charge in [0.15, 0.2) is 0 Å². The minimum absolute atomic E-state index is 0.698. The molecule has 2 aromatic rings. The Balaban J connectivity index is 2.41. The number of hydrogen-bond acceptors (Lipinski definition) is 2. The molecule has 1 aromatic heterocycles. The minimum Gasteiger partial charge on any atom is -0.330 e. The molecule has 0 saturated heterocycles. The molecule has 0 aliphatic rings. The van der Waals surface area contributed by atoms with Crippen LogP contribution in [0.4, 0.5) is 0 Å². The Morgan fingerprint density at radius 2 is 2.00 bits per heavy atom. The van der Waals surface area contributed by atoms with Gasteiger partial charge in [-0.2, -0.15) is 0 Å². The summed E-state index contributed by atoms with van der Waals surface area (Å²) in [4.78, 5) is 4.32. The van der Waals surface area contributed by atoms with Crippen molar-refractivity contribution in [3.63, 3.8) is 0 Å². The van der Waals surface area contributed by atoms with Crippen LogP contribution >= 0.6 is 0 Å². The van der Waals surface area contributed by atoms with Crippen LogP contribution < -0.4 is 5.73 Å². The van der Waals surface area contributed by atoms with Crippen LogP contribution in [-0.4, -0.2) is 16.1 Å². The van der Waals surface area contributed by atoms with E-state index < -0.39 is 0 Å². The number of rotatable bonds is 3. The lowest BCUT2D eigenvalue weighted by atomic mass is 10.0. The molecule has 0 atom stereocenters. The molecule has 3 heteroatoms. The Labute approximate surface area is 102 Å². The van der Waals surface area contributed by atoms with E-state index in [2.05, 4.69) is 41.6 Å². The van der Waals surface area contributed by atoms with Gasteiger partial charge in [0.25, 0.3) is 0 Å². The number of nitrogens with two attached hydrogens (primary N) is 1. The largest absolute Gasteiger partial charge is 0.330 e. The van der Waals surface area contributed by atoms with Crippen molar-refractivity contribution in [2.24, 2.45) is 5.73 Å². The standard InChI is InChI=1S/C14H19N3/c1-10-8-14(5-4-13(10)6-7-15)17-9-16-11(2)12(17)3/h4-5,8-9H,6-7,15H2,1-3H3. The van der Waals surface area contributed by atoms with Gasteiger partial charge in [-0.15, -0.1) is 0 Å². The van der Waals surface area contributed by atoms with Gasteiger partial charge >= 0.3 is 0 Å². The highest BCUT2D eigenvalue weighted by atomic mass is 15.1. The molecule has 2 rings (SSSR count). The maximum Gasteiger partial charge on any atom is 0.0997 e.